The van der Waals surface area contributed by atoms with Crippen molar-refractivity contribution in [2.75, 3.05) is 5.32 Å². The molecule has 1 aliphatic carbocycles. The Kier molecular flexibility index (Phi) is 4.39. The molecule has 1 fully saturated rings. The van der Waals surface area contributed by atoms with Crippen LogP contribution in [0.4, 0.5) is 5.69 Å². The number of hydrogen-bond donors (Lipinski definition) is 2. The predicted molar refractivity (Wildman–Crippen MR) is 70.2 cm³/mol. The largest absolute Gasteiger partial charge is 0.490 e. The molecule has 0 bridgehead atoms. The average Bonchev–Trinajstić information content (AvgIpc) is 2.83. The summed E-state index contributed by atoms with van der Waals surface area (Å²) >= 11 is 0. The van der Waals surface area contributed by atoms with Crippen LogP contribution in [-0.2, 0) is 9.59 Å². The van der Waals surface area contributed by atoms with Crippen molar-refractivity contribution >= 4 is 17.6 Å². The lowest BCUT2D eigenvalue weighted by molar-refractivity contribution is -0.139. The molecular weight excluding hydrogens is 246 g/mol. The molecular formula is C14H17NO4. The van der Waals surface area contributed by atoms with Gasteiger partial charge < -0.3 is 15.2 Å². The topological polar surface area (TPSA) is 75.6 Å². The molecule has 0 unspecified atom stereocenters. The predicted octanol–water partition coefficient (Wildman–Crippen LogP) is 2.42. The Labute approximate surface area is 111 Å². The summed E-state index contributed by atoms with van der Waals surface area (Å²) < 4.78 is 5.79. The summed E-state index contributed by atoms with van der Waals surface area (Å²) in [5.74, 6) is -0.890. The van der Waals surface area contributed by atoms with Gasteiger partial charge in [0.25, 0.3) is 0 Å². The van der Waals surface area contributed by atoms with E-state index in [9.17, 15) is 9.59 Å². The second-order valence-electron chi connectivity index (χ2n) is 4.67. The minimum Gasteiger partial charge on any atom is -0.490 e. The monoisotopic (exact) mass is 263 g/mol. The Bertz CT molecular complexity index is 449. The third kappa shape index (κ3) is 4.28. The van der Waals surface area contributed by atoms with Crippen LogP contribution in [0, 0.1) is 0 Å². The van der Waals surface area contributed by atoms with Crippen molar-refractivity contribution in [3.05, 3.63) is 24.3 Å². The SMILES string of the molecule is O=C(O)CC(=O)Nc1ccc(OC2CCCC2)cc1. The van der Waals surface area contributed by atoms with Crippen LogP contribution in [0.2, 0.25) is 0 Å². The van der Waals surface area contributed by atoms with Crippen LogP contribution in [0.5, 0.6) is 5.75 Å². The number of carbonyl (C=O) groups is 2. The molecule has 1 aromatic rings. The number of carbonyl (C=O) groups excluding carboxylic acids is 1. The van der Waals surface area contributed by atoms with Gasteiger partial charge in [-0.2, -0.15) is 0 Å². The number of anilines is 1. The van der Waals surface area contributed by atoms with Gasteiger partial charge in [-0.15, -0.1) is 0 Å². The minimum absolute atomic E-state index is 0.299. The van der Waals surface area contributed by atoms with E-state index in [2.05, 4.69) is 5.32 Å². The molecule has 2 N–H and O–H groups in total. The van der Waals surface area contributed by atoms with Gasteiger partial charge in [0.2, 0.25) is 5.91 Å². The summed E-state index contributed by atoms with van der Waals surface area (Å²) in [6.07, 6.45) is 4.39. The zero-order valence-electron chi connectivity index (χ0n) is 10.6. The highest BCUT2D eigenvalue weighted by Crippen LogP contribution is 2.24. The number of benzene rings is 1. The molecule has 102 valence electrons. The van der Waals surface area contributed by atoms with Crippen molar-refractivity contribution in [3.8, 4) is 5.75 Å². The van der Waals surface area contributed by atoms with Crippen LogP contribution in [0.1, 0.15) is 32.1 Å². The lowest BCUT2D eigenvalue weighted by atomic mass is 10.2. The molecule has 5 heteroatoms. The molecule has 0 saturated heterocycles. The zero-order chi connectivity index (χ0) is 13.7. The molecule has 0 heterocycles. The van der Waals surface area contributed by atoms with E-state index in [-0.39, 0.29) is 0 Å². The zero-order valence-corrected chi connectivity index (χ0v) is 10.6. The number of rotatable bonds is 5. The van der Waals surface area contributed by atoms with E-state index < -0.39 is 18.3 Å². The molecule has 1 aliphatic rings. The Hall–Kier alpha value is -2.04. The normalized spacial score (nSPS) is 15.2. The first-order chi connectivity index (χ1) is 9.13. The van der Waals surface area contributed by atoms with Crippen molar-refractivity contribution < 1.29 is 19.4 Å². The molecule has 2 rings (SSSR count). The van der Waals surface area contributed by atoms with Crippen molar-refractivity contribution in [1.82, 2.24) is 0 Å². The van der Waals surface area contributed by atoms with E-state index in [0.29, 0.717) is 11.8 Å². The first-order valence-corrected chi connectivity index (χ1v) is 6.42. The maximum absolute atomic E-state index is 11.3. The van der Waals surface area contributed by atoms with E-state index in [0.717, 1.165) is 18.6 Å². The lowest BCUT2D eigenvalue weighted by Gasteiger charge is -2.13. The van der Waals surface area contributed by atoms with E-state index in [1.165, 1.54) is 12.8 Å². The van der Waals surface area contributed by atoms with Gasteiger partial charge in [0, 0.05) is 5.69 Å². The van der Waals surface area contributed by atoms with Crippen molar-refractivity contribution in [2.24, 2.45) is 0 Å². The second-order valence-corrected chi connectivity index (χ2v) is 4.67. The molecule has 19 heavy (non-hydrogen) atoms. The van der Waals surface area contributed by atoms with Crippen LogP contribution in [-0.4, -0.2) is 23.1 Å². The average molecular weight is 263 g/mol. The molecule has 1 amide bonds. The second kappa shape index (κ2) is 6.22. The molecule has 0 spiro atoms. The van der Waals surface area contributed by atoms with E-state index in [4.69, 9.17) is 9.84 Å². The summed E-state index contributed by atoms with van der Waals surface area (Å²) in [7, 11) is 0. The number of nitrogens with one attached hydrogen (secondary N) is 1. The van der Waals surface area contributed by atoms with Crippen LogP contribution < -0.4 is 10.1 Å². The van der Waals surface area contributed by atoms with E-state index in [1.54, 1.807) is 24.3 Å². The molecule has 5 nitrogen and oxygen atoms in total. The van der Waals surface area contributed by atoms with Crippen molar-refractivity contribution in [1.29, 1.82) is 0 Å². The molecule has 0 aliphatic heterocycles. The van der Waals surface area contributed by atoms with Gasteiger partial charge >= 0.3 is 5.97 Å². The van der Waals surface area contributed by atoms with Gasteiger partial charge in [0.15, 0.2) is 0 Å². The van der Waals surface area contributed by atoms with Gasteiger partial charge in [0.05, 0.1) is 6.10 Å². The summed E-state index contributed by atoms with van der Waals surface area (Å²) in [6.45, 7) is 0. The van der Waals surface area contributed by atoms with E-state index in [1.807, 2.05) is 0 Å². The molecule has 1 aromatic carbocycles. The van der Waals surface area contributed by atoms with Crippen LogP contribution in [0.3, 0.4) is 0 Å². The first kappa shape index (κ1) is 13.4. The number of hydrogen-bond acceptors (Lipinski definition) is 3. The molecule has 0 aromatic heterocycles. The number of aliphatic carboxylic acids is 1. The summed E-state index contributed by atoms with van der Waals surface area (Å²) in [5, 5.41) is 11.0. The van der Waals surface area contributed by atoms with Crippen LogP contribution in [0.25, 0.3) is 0 Å². The summed E-state index contributed by atoms with van der Waals surface area (Å²) in [4.78, 5) is 21.6. The summed E-state index contributed by atoms with van der Waals surface area (Å²) in [5.41, 5.74) is 0.574. The fraction of sp³-hybridized carbons (Fsp3) is 0.429. The highest BCUT2D eigenvalue weighted by atomic mass is 16.5. The quantitative estimate of drug-likeness (QED) is 0.800. The maximum atomic E-state index is 11.3. The Morgan fingerprint density at radius 3 is 2.42 bits per heavy atom. The molecule has 0 atom stereocenters. The summed E-state index contributed by atoms with van der Waals surface area (Å²) in [6, 6.07) is 7.00. The molecule has 0 radical (unpaired) electrons. The number of carboxylic acid groups (broad SMARTS) is 1. The van der Waals surface area contributed by atoms with Crippen LogP contribution in [0.15, 0.2) is 24.3 Å². The van der Waals surface area contributed by atoms with E-state index >= 15 is 0 Å². The maximum Gasteiger partial charge on any atom is 0.312 e. The van der Waals surface area contributed by atoms with Crippen molar-refractivity contribution in [2.45, 2.75) is 38.2 Å². The smallest absolute Gasteiger partial charge is 0.312 e. The van der Waals surface area contributed by atoms with Crippen molar-refractivity contribution in [3.63, 3.8) is 0 Å². The fourth-order valence-electron chi connectivity index (χ4n) is 2.16. The third-order valence-corrected chi connectivity index (χ3v) is 3.05. The Morgan fingerprint density at radius 1 is 1.21 bits per heavy atom. The van der Waals surface area contributed by atoms with Gasteiger partial charge in [-0.25, -0.2) is 0 Å². The lowest BCUT2D eigenvalue weighted by Crippen LogP contribution is -2.16. The Balaban J connectivity index is 1.87. The van der Waals surface area contributed by atoms with Gasteiger partial charge in [-0.1, -0.05) is 0 Å². The number of carboxylic acids is 1. The third-order valence-electron chi connectivity index (χ3n) is 3.05. The number of amides is 1. The van der Waals surface area contributed by atoms with Gasteiger partial charge in [0.1, 0.15) is 12.2 Å². The Morgan fingerprint density at radius 2 is 1.84 bits per heavy atom. The highest BCUT2D eigenvalue weighted by Gasteiger charge is 2.16. The fourth-order valence-corrected chi connectivity index (χ4v) is 2.16. The van der Waals surface area contributed by atoms with Gasteiger partial charge in [-0.3, -0.25) is 9.59 Å². The standard InChI is InChI=1S/C14H17NO4/c16-13(9-14(17)18)15-10-5-7-12(8-6-10)19-11-3-1-2-4-11/h5-8,11H,1-4,9H2,(H,15,16)(H,17,18). The first-order valence-electron chi connectivity index (χ1n) is 6.42. The number of ether oxygens (including phenoxy) is 1. The minimum atomic E-state index is -1.14. The highest BCUT2D eigenvalue weighted by molar-refractivity contribution is 6.01. The van der Waals surface area contributed by atoms with Crippen LogP contribution >= 0.6 is 0 Å². The molecule has 1 saturated carbocycles. The van der Waals surface area contributed by atoms with Gasteiger partial charge in [-0.05, 0) is 49.9 Å².